The van der Waals surface area contributed by atoms with Crippen LogP contribution in [0.15, 0.2) is 0 Å². The number of hydrogen-bond acceptors (Lipinski definition) is 2. The molecule has 1 saturated carbocycles. The zero-order valence-electron chi connectivity index (χ0n) is 11.0. The van der Waals surface area contributed by atoms with E-state index in [-0.39, 0.29) is 0 Å². The summed E-state index contributed by atoms with van der Waals surface area (Å²) in [6.07, 6.45) is 9.70. The lowest BCUT2D eigenvalue weighted by molar-refractivity contribution is 0.163. The third kappa shape index (κ3) is 2.78. The van der Waals surface area contributed by atoms with Crippen molar-refractivity contribution in [1.82, 2.24) is 4.90 Å². The van der Waals surface area contributed by atoms with E-state index < -0.39 is 0 Å². The van der Waals surface area contributed by atoms with Gasteiger partial charge in [0.2, 0.25) is 0 Å². The van der Waals surface area contributed by atoms with Crippen LogP contribution in [-0.4, -0.2) is 30.1 Å². The van der Waals surface area contributed by atoms with Gasteiger partial charge >= 0.3 is 0 Å². The highest BCUT2D eigenvalue weighted by Gasteiger charge is 2.32. The van der Waals surface area contributed by atoms with Crippen LogP contribution in [0.4, 0.5) is 0 Å². The van der Waals surface area contributed by atoms with Gasteiger partial charge in [0.15, 0.2) is 0 Å². The van der Waals surface area contributed by atoms with Crippen molar-refractivity contribution in [1.29, 1.82) is 0 Å². The number of likely N-dealkylation sites (tertiary alicyclic amines) is 1. The summed E-state index contributed by atoms with van der Waals surface area (Å²) in [6, 6.07) is 1.52. The summed E-state index contributed by atoms with van der Waals surface area (Å²) >= 11 is 0. The summed E-state index contributed by atoms with van der Waals surface area (Å²) < 4.78 is 0. The molecule has 0 aromatic carbocycles. The molecule has 2 rings (SSSR count). The first-order valence-corrected chi connectivity index (χ1v) is 7.08. The average Bonchev–Trinajstić information content (AvgIpc) is 2.63. The van der Waals surface area contributed by atoms with Crippen molar-refractivity contribution in [3.63, 3.8) is 0 Å². The average molecular weight is 224 g/mol. The molecule has 2 aliphatic rings. The first-order valence-electron chi connectivity index (χ1n) is 7.08. The Labute approximate surface area is 101 Å². The predicted molar refractivity (Wildman–Crippen MR) is 69.4 cm³/mol. The molecule has 1 saturated heterocycles. The molecule has 0 radical (unpaired) electrons. The van der Waals surface area contributed by atoms with E-state index in [0.29, 0.717) is 11.5 Å². The van der Waals surface area contributed by atoms with Crippen molar-refractivity contribution in [2.24, 2.45) is 11.1 Å². The summed E-state index contributed by atoms with van der Waals surface area (Å²) in [5.74, 6) is 0. The van der Waals surface area contributed by atoms with E-state index in [1.165, 1.54) is 51.5 Å². The van der Waals surface area contributed by atoms with Crippen LogP contribution in [0.25, 0.3) is 0 Å². The molecule has 0 aromatic heterocycles. The molecule has 1 aliphatic carbocycles. The molecule has 94 valence electrons. The quantitative estimate of drug-likeness (QED) is 0.731. The Bertz CT molecular complexity index is 225. The van der Waals surface area contributed by atoms with Gasteiger partial charge in [0.05, 0.1) is 0 Å². The van der Waals surface area contributed by atoms with Gasteiger partial charge in [-0.3, -0.25) is 4.90 Å². The van der Waals surface area contributed by atoms with Crippen molar-refractivity contribution in [2.45, 2.75) is 70.9 Å². The van der Waals surface area contributed by atoms with Crippen LogP contribution in [0.2, 0.25) is 0 Å². The highest BCUT2D eigenvalue weighted by molar-refractivity contribution is 4.88. The van der Waals surface area contributed by atoms with E-state index in [9.17, 15) is 0 Å². The molecular weight excluding hydrogens is 196 g/mol. The minimum atomic E-state index is 0.576. The smallest absolute Gasteiger partial charge is 0.0221 e. The van der Waals surface area contributed by atoms with E-state index in [1.807, 2.05) is 0 Å². The Morgan fingerprint density at radius 3 is 2.69 bits per heavy atom. The molecule has 0 aromatic rings. The minimum Gasteiger partial charge on any atom is -0.329 e. The Kier molecular flexibility index (Phi) is 3.91. The summed E-state index contributed by atoms with van der Waals surface area (Å²) in [5, 5.41) is 0. The topological polar surface area (TPSA) is 29.3 Å². The van der Waals surface area contributed by atoms with Gasteiger partial charge in [0.25, 0.3) is 0 Å². The van der Waals surface area contributed by atoms with Gasteiger partial charge in [0.1, 0.15) is 0 Å². The largest absolute Gasteiger partial charge is 0.329 e. The molecular formula is C14H28N2. The zero-order chi connectivity index (χ0) is 11.6. The number of nitrogens with two attached hydrogens (primary N) is 1. The first-order chi connectivity index (χ1) is 7.62. The van der Waals surface area contributed by atoms with Crippen LogP contribution in [0, 0.1) is 5.41 Å². The van der Waals surface area contributed by atoms with Gasteiger partial charge in [-0.15, -0.1) is 0 Å². The lowest BCUT2D eigenvalue weighted by Crippen LogP contribution is -2.42. The molecule has 16 heavy (non-hydrogen) atoms. The van der Waals surface area contributed by atoms with Gasteiger partial charge in [-0.1, -0.05) is 20.3 Å². The van der Waals surface area contributed by atoms with Crippen LogP contribution < -0.4 is 5.73 Å². The minimum absolute atomic E-state index is 0.576. The maximum Gasteiger partial charge on any atom is 0.0221 e. The first kappa shape index (κ1) is 12.4. The van der Waals surface area contributed by atoms with Gasteiger partial charge in [0, 0.05) is 18.6 Å². The molecule has 2 heteroatoms. The van der Waals surface area contributed by atoms with Crippen molar-refractivity contribution in [2.75, 3.05) is 13.1 Å². The van der Waals surface area contributed by atoms with Crippen molar-refractivity contribution in [3.05, 3.63) is 0 Å². The van der Waals surface area contributed by atoms with E-state index in [2.05, 4.69) is 18.7 Å². The fourth-order valence-corrected chi connectivity index (χ4v) is 3.57. The van der Waals surface area contributed by atoms with Crippen molar-refractivity contribution >= 4 is 0 Å². The van der Waals surface area contributed by atoms with Crippen LogP contribution in [0.3, 0.4) is 0 Å². The standard InChI is InChI=1S/C14H28N2/c1-14(2)8-3-5-12(7-9-14)16-10-4-6-13(16)11-15/h12-13H,3-11,15H2,1-2H3. The molecule has 0 bridgehead atoms. The molecule has 1 aliphatic heterocycles. The maximum absolute atomic E-state index is 5.88. The predicted octanol–water partition coefficient (Wildman–Crippen LogP) is 2.77. The molecule has 2 atom stereocenters. The van der Waals surface area contributed by atoms with Crippen LogP contribution in [0.1, 0.15) is 58.8 Å². The SMILES string of the molecule is CC1(C)CCCC(N2CCCC2CN)CC1. The maximum atomic E-state index is 5.88. The highest BCUT2D eigenvalue weighted by Crippen LogP contribution is 2.36. The second-order valence-corrected chi connectivity index (χ2v) is 6.52. The lowest BCUT2D eigenvalue weighted by Gasteiger charge is -2.32. The number of hydrogen-bond donors (Lipinski definition) is 1. The lowest BCUT2D eigenvalue weighted by atomic mass is 9.85. The van der Waals surface area contributed by atoms with Crippen molar-refractivity contribution < 1.29 is 0 Å². The van der Waals surface area contributed by atoms with Crippen LogP contribution in [-0.2, 0) is 0 Å². The summed E-state index contributed by atoms with van der Waals surface area (Å²) in [4.78, 5) is 2.72. The van der Waals surface area contributed by atoms with E-state index in [4.69, 9.17) is 5.73 Å². The summed E-state index contributed by atoms with van der Waals surface area (Å²) in [6.45, 7) is 7.02. The Morgan fingerprint density at radius 1 is 1.12 bits per heavy atom. The number of rotatable bonds is 2. The normalized spacial score (nSPS) is 36.2. The third-order valence-corrected chi connectivity index (χ3v) is 4.71. The second-order valence-electron chi connectivity index (χ2n) is 6.52. The van der Waals surface area contributed by atoms with Gasteiger partial charge < -0.3 is 5.73 Å². The number of nitrogens with zero attached hydrogens (tertiary/aromatic N) is 1. The van der Waals surface area contributed by atoms with Crippen LogP contribution in [0.5, 0.6) is 0 Å². The molecule has 2 fully saturated rings. The molecule has 2 nitrogen and oxygen atoms in total. The Balaban J connectivity index is 1.94. The molecule has 2 unspecified atom stereocenters. The highest BCUT2D eigenvalue weighted by atomic mass is 15.2. The summed E-state index contributed by atoms with van der Waals surface area (Å²) in [5.41, 5.74) is 6.46. The van der Waals surface area contributed by atoms with E-state index >= 15 is 0 Å². The van der Waals surface area contributed by atoms with E-state index in [0.717, 1.165) is 12.6 Å². The molecule has 2 N–H and O–H groups in total. The Hall–Kier alpha value is -0.0800. The van der Waals surface area contributed by atoms with Gasteiger partial charge in [-0.25, -0.2) is 0 Å². The zero-order valence-corrected chi connectivity index (χ0v) is 11.0. The molecule has 1 heterocycles. The monoisotopic (exact) mass is 224 g/mol. The van der Waals surface area contributed by atoms with Gasteiger partial charge in [-0.05, 0) is 50.5 Å². The molecule has 0 spiro atoms. The van der Waals surface area contributed by atoms with Crippen molar-refractivity contribution in [3.8, 4) is 0 Å². The summed E-state index contributed by atoms with van der Waals surface area (Å²) in [7, 11) is 0. The van der Waals surface area contributed by atoms with E-state index in [1.54, 1.807) is 0 Å². The fourth-order valence-electron chi connectivity index (χ4n) is 3.57. The Morgan fingerprint density at radius 2 is 1.94 bits per heavy atom. The van der Waals surface area contributed by atoms with Gasteiger partial charge in [-0.2, -0.15) is 0 Å². The molecule has 0 amide bonds. The second kappa shape index (κ2) is 5.05. The fraction of sp³-hybridized carbons (Fsp3) is 1.00. The third-order valence-electron chi connectivity index (χ3n) is 4.71. The van der Waals surface area contributed by atoms with Crippen LogP contribution >= 0.6 is 0 Å².